The summed E-state index contributed by atoms with van der Waals surface area (Å²) in [5.74, 6) is 0.0292. The van der Waals surface area contributed by atoms with Gasteiger partial charge in [-0.15, -0.1) is 0 Å². The molecule has 2 aliphatic heterocycles. The second-order valence-corrected chi connectivity index (χ2v) is 10.3. The van der Waals surface area contributed by atoms with Crippen molar-refractivity contribution in [1.29, 1.82) is 0 Å². The van der Waals surface area contributed by atoms with Crippen molar-refractivity contribution in [2.75, 3.05) is 26.2 Å². The van der Waals surface area contributed by atoms with Gasteiger partial charge in [0.15, 0.2) is 0 Å². The molecule has 0 aromatic rings. The lowest BCUT2D eigenvalue weighted by atomic mass is 9.79. The van der Waals surface area contributed by atoms with E-state index in [1.807, 2.05) is 6.92 Å². The molecule has 3 rings (SSSR count). The summed E-state index contributed by atoms with van der Waals surface area (Å²) in [4.78, 5) is 0. The molecule has 0 radical (unpaired) electrons. The quantitative estimate of drug-likeness (QED) is 0.411. The predicted octanol–water partition coefficient (Wildman–Crippen LogP) is -0.650. The monoisotopic (exact) mass is 388 g/mol. The first-order valence-electron chi connectivity index (χ1n) is 9.86. The van der Waals surface area contributed by atoms with Crippen molar-refractivity contribution < 1.29 is 18.5 Å². The number of hydrogen-bond donors (Lipinski definition) is 4. The van der Waals surface area contributed by atoms with Gasteiger partial charge in [-0.1, -0.05) is 6.42 Å². The summed E-state index contributed by atoms with van der Waals surface area (Å²) in [5, 5.41) is 21.4. The molecule has 8 nitrogen and oxygen atoms in total. The molecule has 10 heteroatoms. The van der Waals surface area contributed by atoms with Gasteiger partial charge in [-0.25, -0.2) is 0 Å². The van der Waals surface area contributed by atoms with Gasteiger partial charge in [0.2, 0.25) is 0 Å². The van der Waals surface area contributed by atoms with Gasteiger partial charge in [0, 0.05) is 37.3 Å². The van der Waals surface area contributed by atoms with Crippen LogP contribution < -0.4 is 11.1 Å². The van der Waals surface area contributed by atoms with E-state index in [0.717, 1.165) is 38.8 Å². The standard InChI is InChI=1S/C16H33BN4O4S/c1-16(18)12-20(11-13(16)4-2-8-17(22)23)26(24,25)21(14-6-7-14)15-5-3-9-19-10-15/h13-15,19,22-23H,2-12,18H2,1H3/t13-,15?,16-/m0/s1. The van der Waals surface area contributed by atoms with Crippen LogP contribution in [0.2, 0.25) is 6.32 Å². The fourth-order valence-corrected chi connectivity index (χ4v) is 6.58. The van der Waals surface area contributed by atoms with Gasteiger partial charge in [-0.2, -0.15) is 17.0 Å². The summed E-state index contributed by atoms with van der Waals surface area (Å²) in [6.45, 7) is 4.33. The maximum Gasteiger partial charge on any atom is 0.451 e. The molecule has 150 valence electrons. The predicted molar refractivity (Wildman–Crippen MR) is 102 cm³/mol. The molecule has 1 saturated carbocycles. The molecule has 3 aliphatic rings. The second-order valence-electron chi connectivity index (χ2n) is 8.48. The minimum Gasteiger partial charge on any atom is -0.427 e. The molecule has 0 aromatic carbocycles. The summed E-state index contributed by atoms with van der Waals surface area (Å²) in [7, 11) is -4.85. The molecule has 1 aliphatic carbocycles. The Kier molecular flexibility index (Phi) is 6.33. The van der Waals surface area contributed by atoms with Crippen molar-refractivity contribution in [3.8, 4) is 0 Å². The smallest absolute Gasteiger partial charge is 0.427 e. The fourth-order valence-electron chi connectivity index (χ4n) is 4.36. The minimum atomic E-state index is -3.53. The highest BCUT2D eigenvalue weighted by atomic mass is 32.2. The van der Waals surface area contributed by atoms with Crippen LogP contribution in [0.3, 0.4) is 0 Å². The first-order valence-corrected chi connectivity index (χ1v) is 11.3. The Morgan fingerprint density at radius 1 is 1.31 bits per heavy atom. The molecule has 5 N–H and O–H groups in total. The van der Waals surface area contributed by atoms with Gasteiger partial charge in [0.05, 0.1) is 0 Å². The third-order valence-electron chi connectivity index (χ3n) is 6.02. The molecule has 0 amide bonds. The van der Waals surface area contributed by atoms with Gasteiger partial charge in [-0.3, -0.25) is 0 Å². The van der Waals surface area contributed by atoms with E-state index in [1.54, 1.807) is 8.61 Å². The van der Waals surface area contributed by atoms with E-state index in [-0.39, 0.29) is 18.0 Å². The Labute approximate surface area is 157 Å². The van der Waals surface area contributed by atoms with Crippen molar-refractivity contribution in [3.05, 3.63) is 0 Å². The van der Waals surface area contributed by atoms with Crippen molar-refractivity contribution in [3.63, 3.8) is 0 Å². The highest BCUT2D eigenvalue weighted by Crippen LogP contribution is 2.38. The lowest BCUT2D eigenvalue weighted by Gasteiger charge is -2.36. The van der Waals surface area contributed by atoms with Crippen molar-refractivity contribution in [2.24, 2.45) is 11.7 Å². The topological polar surface area (TPSA) is 119 Å². The van der Waals surface area contributed by atoms with Crippen LogP contribution in [0.1, 0.15) is 45.4 Å². The zero-order valence-corrected chi connectivity index (χ0v) is 16.5. The van der Waals surface area contributed by atoms with E-state index in [0.29, 0.717) is 32.3 Å². The van der Waals surface area contributed by atoms with Crippen molar-refractivity contribution >= 4 is 17.3 Å². The summed E-state index contributed by atoms with van der Waals surface area (Å²) >= 11 is 0. The Morgan fingerprint density at radius 3 is 2.62 bits per heavy atom. The minimum absolute atomic E-state index is 0.0292. The van der Waals surface area contributed by atoms with Gasteiger partial charge >= 0.3 is 7.12 Å². The van der Waals surface area contributed by atoms with E-state index in [2.05, 4.69) is 5.32 Å². The molecule has 3 fully saturated rings. The van der Waals surface area contributed by atoms with Crippen LogP contribution in [0, 0.1) is 5.92 Å². The van der Waals surface area contributed by atoms with E-state index in [9.17, 15) is 8.42 Å². The SMILES string of the molecule is C[C@]1(N)CN(S(=O)(=O)N(C2CC2)C2CCCNC2)C[C@@H]1CCCB(O)O. The molecule has 2 heterocycles. The fraction of sp³-hybridized carbons (Fsp3) is 1.00. The van der Waals surface area contributed by atoms with E-state index in [1.165, 1.54) is 0 Å². The molecule has 26 heavy (non-hydrogen) atoms. The van der Waals surface area contributed by atoms with Crippen molar-refractivity contribution in [1.82, 2.24) is 13.9 Å². The van der Waals surface area contributed by atoms with Crippen LogP contribution in [-0.4, -0.2) is 78.0 Å². The second kappa shape index (κ2) is 8.02. The molecule has 0 spiro atoms. The van der Waals surface area contributed by atoms with Crippen LogP contribution in [0.5, 0.6) is 0 Å². The average molecular weight is 388 g/mol. The molecular formula is C16H33BN4O4S. The summed E-state index contributed by atoms with van der Waals surface area (Å²) in [6, 6.07) is 0.173. The first-order chi connectivity index (χ1) is 12.2. The Morgan fingerprint density at radius 2 is 2.04 bits per heavy atom. The lowest BCUT2D eigenvalue weighted by Crippen LogP contribution is -2.54. The summed E-state index contributed by atoms with van der Waals surface area (Å²) in [6.07, 6.45) is 5.43. The largest absolute Gasteiger partial charge is 0.451 e. The number of nitrogens with one attached hydrogen (secondary N) is 1. The van der Waals surface area contributed by atoms with Crippen LogP contribution in [0.25, 0.3) is 0 Å². The Hall–Kier alpha value is -0.225. The number of nitrogens with two attached hydrogens (primary N) is 1. The number of rotatable bonds is 8. The highest BCUT2D eigenvalue weighted by Gasteiger charge is 2.50. The van der Waals surface area contributed by atoms with Crippen LogP contribution in [0.4, 0.5) is 0 Å². The molecule has 0 bridgehead atoms. The Bertz CT molecular complexity index is 579. The Balaban J connectivity index is 1.69. The van der Waals surface area contributed by atoms with Crippen LogP contribution in [-0.2, 0) is 10.2 Å². The molecule has 2 saturated heterocycles. The van der Waals surface area contributed by atoms with Crippen molar-refractivity contribution in [2.45, 2.75) is 69.4 Å². The highest BCUT2D eigenvalue weighted by molar-refractivity contribution is 7.86. The summed E-state index contributed by atoms with van der Waals surface area (Å²) in [5.41, 5.74) is 5.84. The van der Waals surface area contributed by atoms with Gasteiger partial charge in [-0.05, 0) is 57.8 Å². The van der Waals surface area contributed by atoms with Crippen LogP contribution >= 0.6 is 0 Å². The van der Waals surface area contributed by atoms with Crippen LogP contribution in [0.15, 0.2) is 0 Å². The molecule has 1 unspecified atom stereocenters. The third kappa shape index (κ3) is 4.60. The third-order valence-corrected chi connectivity index (χ3v) is 8.08. The average Bonchev–Trinajstić information content (AvgIpc) is 3.32. The zero-order chi connectivity index (χ0) is 18.9. The first kappa shape index (κ1) is 20.5. The molecular weight excluding hydrogens is 355 g/mol. The van der Waals surface area contributed by atoms with E-state index in [4.69, 9.17) is 15.8 Å². The lowest BCUT2D eigenvalue weighted by molar-refractivity contribution is 0.241. The maximum absolute atomic E-state index is 13.4. The maximum atomic E-state index is 13.4. The number of hydrogen-bond acceptors (Lipinski definition) is 6. The summed E-state index contributed by atoms with van der Waals surface area (Å²) < 4.78 is 30.2. The van der Waals surface area contributed by atoms with Gasteiger partial charge < -0.3 is 21.1 Å². The molecule has 0 aromatic heterocycles. The number of nitrogens with zero attached hydrogens (tertiary/aromatic N) is 2. The van der Waals surface area contributed by atoms with E-state index >= 15 is 0 Å². The normalized spacial score (nSPS) is 33.7. The molecule has 3 atom stereocenters. The van der Waals surface area contributed by atoms with Gasteiger partial charge in [0.1, 0.15) is 0 Å². The van der Waals surface area contributed by atoms with Gasteiger partial charge in [0.25, 0.3) is 10.2 Å². The zero-order valence-electron chi connectivity index (χ0n) is 15.7. The van der Waals surface area contributed by atoms with E-state index < -0.39 is 22.9 Å². The number of piperidine rings is 1.